The second-order valence-corrected chi connectivity index (χ2v) is 10.2. The summed E-state index contributed by atoms with van der Waals surface area (Å²) in [5.41, 5.74) is 2.44. The molecule has 1 heterocycles. The van der Waals surface area contributed by atoms with E-state index in [1.807, 2.05) is 6.07 Å². The predicted molar refractivity (Wildman–Crippen MR) is 152 cm³/mol. The van der Waals surface area contributed by atoms with Crippen LogP contribution in [0.3, 0.4) is 0 Å². The molecule has 1 amide bonds. The number of hydrogen-bond donors (Lipinski definition) is 2. The number of halogens is 1. The summed E-state index contributed by atoms with van der Waals surface area (Å²) in [4.78, 5) is 41.4. The minimum Gasteiger partial charge on any atom is -0.493 e. The van der Waals surface area contributed by atoms with E-state index in [0.29, 0.717) is 27.3 Å². The van der Waals surface area contributed by atoms with Crippen molar-refractivity contribution >= 4 is 69.1 Å². The number of carboxylic acid groups (broad SMARTS) is 2. The van der Waals surface area contributed by atoms with Crippen molar-refractivity contribution in [2.24, 2.45) is 4.99 Å². The first-order valence-corrected chi connectivity index (χ1v) is 13.0. The molecule has 11 heteroatoms. The molecular formula is C27H21IN2O7S. The van der Waals surface area contributed by atoms with E-state index in [0.717, 1.165) is 14.7 Å². The van der Waals surface area contributed by atoms with Gasteiger partial charge in [-0.05, 0) is 100 Å². The van der Waals surface area contributed by atoms with Crippen molar-refractivity contribution in [3.8, 4) is 11.5 Å². The SMILES string of the molecule is COc1cc(/C=C2\SC(=Nc3ccc(C(=O)O)cc3)N(C)C2=O)cc(I)c1OCc1ccc(C(=O)O)cc1. The fraction of sp³-hybridized carbons (Fsp3) is 0.111. The molecule has 0 atom stereocenters. The lowest BCUT2D eigenvalue weighted by Gasteiger charge is -2.14. The molecular weight excluding hydrogens is 623 g/mol. The van der Waals surface area contributed by atoms with Gasteiger partial charge in [-0.15, -0.1) is 0 Å². The van der Waals surface area contributed by atoms with Gasteiger partial charge >= 0.3 is 11.9 Å². The van der Waals surface area contributed by atoms with Crippen molar-refractivity contribution in [1.29, 1.82) is 0 Å². The smallest absolute Gasteiger partial charge is 0.335 e. The quantitative estimate of drug-likeness (QED) is 0.243. The molecule has 3 aromatic rings. The number of carbonyl (C=O) groups is 3. The monoisotopic (exact) mass is 644 g/mol. The number of nitrogens with zero attached hydrogens (tertiary/aromatic N) is 2. The highest BCUT2D eigenvalue weighted by Crippen LogP contribution is 2.38. The summed E-state index contributed by atoms with van der Waals surface area (Å²) >= 11 is 3.35. The first-order chi connectivity index (χ1) is 18.2. The van der Waals surface area contributed by atoms with Crippen LogP contribution in [0, 0.1) is 3.57 Å². The summed E-state index contributed by atoms with van der Waals surface area (Å²) in [6.07, 6.45) is 1.75. The van der Waals surface area contributed by atoms with E-state index < -0.39 is 11.9 Å². The normalized spacial score (nSPS) is 15.2. The van der Waals surface area contributed by atoms with E-state index in [4.69, 9.17) is 19.7 Å². The lowest BCUT2D eigenvalue weighted by Crippen LogP contribution is -2.23. The van der Waals surface area contributed by atoms with E-state index in [-0.39, 0.29) is 23.6 Å². The van der Waals surface area contributed by atoms with Crippen LogP contribution in [0.5, 0.6) is 11.5 Å². The average molecular weight is 644 g/mol. The van der Waals surface area contributed by atoms with Crippen LogP contribution in [0.2, 0.25) is 0 Å². The van der Waals surface area contributed by atoms with Gasteiger partial charge in [0.25, 0.3) is 5.91 Å². The number of methoxy groups -OCH3 is 1. The maximum absolute atomic E-state index is 12.9. The molecule has 0 radical (unpaired) electrons. The standard InChI is InChI=1S/C27H21IN2O7S/c1-30-24(31)22(38-27(30)29-19-9-7-18(8-10-19)26(34)35)13-16-11-20(28)23(21(12-16)36-2)37-14-15-3-5-17(6-4-15)25(32)33/h3-13H,14H2,1-2H3,(H,32,33)(H,34,35)/b22-13-,29-27?. The Morgan fingerprint density at radius 2 is 1.63 bits per heavy atom. The number of rotatable bonds is 8. The number of thioether (sulfide) groups is 1. The number of aliphatic imine (C=N–C) groups is 1. The van der Waals surface area contributed by atoms with Gasteiger partial charge in [0.2, 0.25) is 0 Å². The summed E-state index contributed by atoms with van der Waals surface area (Å²) < 4.78 is 12.3. The largest absolute Gasteiger partial charge is 0.493 e. The third kappa shape index (κ3) is 6.17. The molecule has 1 aliphatic rings. The minimum absolute atomic E-state index is 0.158. The zero-order valence-electron chi connectivity index (χ0n) is 20.2. The summed E-state index contributed by atoms with van der Waals surface area (Å²) in [6, 6.07) is 16.2. The van der Waals surface area contributed by atoms with Crippen molar-refractivity contribution in [1.82, 2.24) is 4.90 Å². The number of aromatic carboxylic acids is 2. The Kier molecular flexibility index (Phi) is 8.37. The molecule has 0 saturated carbocycles. The zero-order chi connectivity index (χ0) is 27.4. The Morgan fingerprint density at radius 1 is 1.03 bits per heavy atom. The van der Waals surface area contributed by atoms with E-state index in [2.05, 4.69) is 27.6 Å². The molecule has 0 aliphatic carbocycles. The molecule has 194 valence electrons. The molecule has 9 nitrogen and oxygen atoms in total. The topological polar surface area (TPSA) is 126 Å². The first kappa shape index (κ1) is 27.2. The van der Waals surface area contributed by atoms with Gasteiger partial charge in [-0.3, -0.25) is 9.69 Å². The van der Waals surface area contributed by atoms with Gasteiger partial charge in [-0.2, -0.15) is 0 Å². The van der Waals surface area contributed by atoms with Crippen molar-refractivity contribution in [2.75, 3.05) is 14.2 Å². The van der Waals surface area contributed by atoms with Crippen molar-refractivity contribution < 1.29 is 34.1 Å². The van der Waals surface area contributed by atoms with Crippen LogP contribution in [0.25, 0.3) is 6.08 Å². The Hall–Kier alpha value is -3.84. The van der Waals surface area contributed by atoms with Gasteiger partial charge in [0.1, 0.15) is 6.61 Å². The molecule has 0 spiro atoms. The first-order valence-electron chi connectivity index (χ1n) is 11.1. The Morgan fingerprint density at radius 3 is 2.21 bits per heavy atom. The second kappa shape index (κ2) is 11.7. The number of carbonyl (C=O) groups excluding carboxylic acids is 1. The molecule has 1 fully saturated rings. The van der Waals surface area contributed by atoms with E-state index in [9.17, 15) is 14.4 Å². The van der Waals surface area contributed by atoms with Crippen LogP contribution in [-0.4, -0.2) is 52.3 Å². The molecule has 1 saturated heterocycles. The van der Waals surface area contributed by atoms with E-state index in [1.165, 1.54) is 48.0 Å². The van der Waals surface area contributed by atoms with Crippen LogP contribution in [-0.2, 0) is 11.4 Å². The maximum Gasteiger partial charge on any atom is 0.335 e. The highest BCUT2D eigenvalue weighted by molar-refractivity contribution is 14.1. The number of carboxylic acids is 2. The van der Waals surface area contributed by atoms with Gasteiger partial charge in [0.05, 0.1) is 32.4 Å². The Balaban J connectivity index is 1.53. The Labute approximate surface area is 235 Å². The summed E-state index contributed by atoms with van der Waals surface area (Å²) in [5.74, 6) is -1.20. The molecule has 0 aromatic heterocycles. The molecule has 0 unspecified atom stereocenters. The van der Waals surface area contributed by atoms with Gasteiger partial charge in [-0.25, -0.2) is 14.6 Å². The molecule has 0 bridgehead atoms. The number of likely N-dealkylation sites (N-methyl/N-ethyl adjacent to an activating group) is 1. The number of amidine groups is 1. The third-order valence-corrected chi connectivity index (χ3v) is 7.34. The van der Waals surface area contributed by atoms with Gasteiger partial charge < -0.3 is 19.7 Å². The molecule has 4 rings (SSSR count). The summed E-state index contributed by atoms with van der Waals surface area (Å²) in [7, 11) is 3.16. The van der Waals surface area contributed by atoms with Crippen molar-refractivity contribution in [2.45, 2.75) is 6.61 Å². The molecule has 2 N–H and O–H groups in total. The van der Waals surface area contributed by atoms with E-state index >= 15 is 0 Å². The second-order valence-electron chi connectivity index (χ2n) is 8.05. The zero-order valence-corrected chi connectivity index (χ0v) is 23.1. The molecule has 3 aromatic carbocycles. The maximum atomic E-state index is 12.9. The number of benzene rings is 3. The Bertz CT molecular complexity index is 1470. The molecule has 1 aliphatic heterocycles. The summed E-state index contributed by atoms with van der Waals surface area (Å²) in [5, 5.41) is 18.6. The lowest BCUT2D eigenvalue weighted by atomic mass is 10.1. The highest BCUT2D eigenvalue weighted by Gasteiger charge is 2.30. The van der Waals surface area contributed by atoms with Gasteiger partial charge in [-0.1, -0.05) is 12.1 Å². The van der Waals surface area contributed by atoms with Crippen molar-refractivity contribution in [3.05, 3.63) is 91.4 Å². The number of amides is 1. The van der Waals surface area contributed by atoms with Crippen LogP contribution in [0.1, 0.15) is 31.8 Å². The predicted octanol–water partition coefficient (Wildman–Crippen LogP) is 5.51. The van der Waals surface area contributed by atoms with Crippen LogP contribution in [0.15, 0.2) is 70.6 Å². The van der Waals surface area contributed by atoms with E-state index in [1.54, 1.807) is 43.5 Å². The fourth-order valence-corrected chi connectivity index (χ4v) is 5.22. The number of hydrogen-bond acceptors (Lipinski definition) is 7. The van der Waals surface area contributed by atoms with Gasteiger partial charge in [0.15, 0.2) is 16.7 Å². The average Bonchev–Trinajstić information content (AvgIpc) is 3.15. The highest BCUT2D eigenvalue weighted by atomic mass is 127. The lowest BCUT2D eigenvalue weighted by molar-refractivity contribution is -0.121. The van der Waals surface area contributed by atoms with Crippen molar-refractivity contribution in [3.63, 3.8) is 0 Å². The van der Waals surface area contributed by atoms with Crippen LogP contribution < -0.4 is 9.47 Å². The third-order valence-electron chi connectivity index (χ3n) is 5.48. The van der Waals surface area contributed by atoms with Gasteiger partial charge in [0, 0.05) is 7.05 Å². The summed E-state index contributed by atoms with van der Waals surface area (Å²) in [6.45, 7) is 0.221. The van der Waals surface area contributed by atoms with Crippen LogP contribution in [0.4, 0.5) is 5.69 Å². The minimum atomic E-state index is -1.02. The van der Waals surface area contributed by atoms with Crippen LogP contribution >= 0.6 is 34.4 Å². The number of ether oxygens (including phenoxy) is 2. The fourth-order valence-electron chi connectivity index (χ4n) is 3.45. The molecule has 38 heavy (non-hydrogen) atoms.